The smallest absolute Gasteiger partial charge is 0.00658 e. The largest absolute Gasteiger partial charge is 0.330 e. The number of nitrogens with two attached hydrogens (primary N) is 1. The van der Waals surface area contributed by atoms with Crippen LogP contribution < -0.4 is 5.73 Å². The van der Waals surface area contributed by atoms with E-state index in [4.69, 9.17) is 5.73 Å². The standard InChI is InChI=1S/C10H17NS/c1-3-7-10(4-2)12-9-6-5-8-11/h3-4,7H,1-2,5-6,8-9,11H2/b10-7+. The molecule has 0 atom stereocenters. The second-order valence-electron chi connectivity index (χ2n) is 2.35. The van der Waals surface area contributed by atoms with Gasteiger partial charge < -0.3 is 5.73 Å². The maximum Gasteiger partial charge on any atom is 0.00658 e. The van der Waals surface area contributed by atoms with Crippen LogP contribution in [0.1, 0.15) is 12.8 Å². The third-order valence-electron chi connectivity index (χ3n) is 1.35. The van der Waals surface area contributed by atoms with Gasteiger partial charge in [-0.25, -0.2) is 0 Å². The van der Waals surface area contributed by atoms with Crippen molar-refractivity contribution >= 4 is 11.8 Å². The van der Waals surface area contributed by atoms with E-state index in [0.717, 1.165) is 18.7 Å². The molecule has 0 heterocycles. The molecule has 0 unspecified atom stereocenters. The lowest BCUT2D eigenvalue weighted by Crippen LogP contribution is -1.98. The predicted octanol–water partition coefficient (Wildman–Crippen LogP) is 2.71. The van der Waals surface area contributed by atoms with E-state index in [9.17, 15) is 0 Å². The van der Waals surface area contributed by atoms with Crippen LogP contribution in [-0.2, 0) is 0 Å². The Labute approximate surface area is 79.4 Å². The Bertz CT molecular complexity index is 161. The topological polar surface area (TPSA) is 26.0 Å². The van der Waals surface area contributed by atoms with E-state index >= 15 is 0 Å². The van der Waals surface area contributed by atoms with Gasteiger partial charge >= 0.3 is 0 Å². The summed E-state index contributed by atoms with van der Waals surface area (Å²) in [6, 6.07) is 0. The Kier molecular flexibility index (Phi) is 8.29. The number of hydrogen-bond donors (Lipinski definition) is 1. The molecule has 0 aliphatic rings. The van der Waals surface area contributed by atoms with Gasteiger partial charge in [0.25, 0.3) is 0 Å². The Balaban J connectivity index is 3.51. The first-order valence-corrected chi connectivity index (χ1v) is 5.11. The molecular formula is C10H17NS. The fourth-order valence-electron chi connectivity index (χ4n) is 0.728. The first-order chi connectivity index (χ1) is 5.85. The molecule has 0 aliphatic carbocycles. The highest BCUT2D eigenvalue weighted by molar-refractivity contribution is 8.03. The molecule has 0 radical (unpaired) electrons. The van der Waals surface area contributed by atoms with E-state index in [1.54, 1.807) is 17.8 Å². The van der Waals surface area contributed by atoms with Gasteiger partial charge in [0.1, 0.15) is 0 Å². The van der Waals surface area contributed by atoms with Crippen molar-refractivity contribution in [3.63, 3.8) is 0 Å². The minimum absolute atomic E-state index is 0.787. The number of hydrogen-bond acceptors (Lipinski definition) is 2. The quantitative estimate of drug-likeness (QED) is 0.485. The minimum atomic E-state index is 0.787. The monoisotopic (exact) mass is 183 g/mol. The Morgan fingerprint density at radius 1 is 1.33 bits per heavy atom. The summed E-state index contributed by atoms with van der Waals surface area (Å²) in [7, 11) is 0. The van der Waals surface area contributed by atoms with Gasteiger partial charge in [0.15, 0.2) is 0 Å². The van der Waals surface area contributed by atoms with Gasteiger partial charge in [0, 0.05) is 4.91 Å². The van der Waals surface area contributed by atoms with Gasteiger partial charge in [-0.2, -0.15) is 0 Å². The first-order valence-electron chi connectivity index (χ1n) is 4.13. The number of rotatable bonds is 7. The zero-order valence-corrected chi connectivity index (χ0v) is 8.28. The van der Waals surface area contributed by atoms with Crippen molar-refractivity contribution in [1.29, 1.82) is 0 Å². The normalized spacial score (nSPS) is 11.2. The average molecular weight is 183 g/mol. The molecule has 0 amide bonds. The maximum atomic E-state index is 5.38. The zero-order chi connectivity index (χ0) is 9.23. The van der Waals surface area contributed by atoms with E-state index < -0.39 is 0 Å². The van der Waals surface area contributed by atoms with Gasteiger partial charge in [0.05, 0.1) is 0 Å². The van der Waals surface area contributed by atoms with E-state index in [-0.39, 0.29) is 0 Å². The van der Waals surface area contributed by atoms with Crippen molar-refractivity contribution < 1.29 is 0 Å². The molecule has 12 heavy (non-hydrogen) atoms. The zero-order valence-electron chi connectivity index (χ0n) is 7.46. The Morgan fingerprint density at radius 3 is 2.58 bits per heavy atom. The molecule has 0 aromatic carbocycles. The third-order valence-corrected chi connectivity index (χ3v) is 2.48. The van der Waals surface area contributed by atoms with Gasteiger partial charge in [-0.05, 0) is 31.2 Å². The molecule has 0 saturated heterocycles. The van der Waals surface area contributed by atoms with Crippen molar-refractivity contribution in [2.75, 3.05) is 12.3 Å². The molecule has 0 aromatic heterocycles. The van der Waals surface area contributed by atoms with Crippen molar-refractivity contribution in [2.24, 2.45) is 5.73 Å². The van der Waals surface area contributed by atoms with Crippen LogP contribution in [0.3, 0.4) is 0 Å². The number of thioether (sulfide) groups is 1. The van der Waals surface area contributed by atoms with E-state index in [1.807, 2.05) is 12.2 Å². The van der Waals surface area contributed by atoms with Crippen LogP contribution in [0, 0.1) is 0 Å². The lowest BCUT2D eigenvalue weighted by atomic mass is 10.3. The maximum absolute atomic E-state index is 5.38. The fourth-order valence-corrected chi connectivity index (χ4v) is 1.62. The highest BCUT2D eigenvalue weighted by Crippen LogP contribution is 2.17. The molecule has 0 aliphatic heterocycles. The van der Waals surface area contributed by atoms with Crippen LogP contribution in [-0.4, -0.2) is 12.3 Å². The minimum Gasteiger partial charge on any atom is -0.330 e. The van der Waals surface area contributed by atoms with Gasteiger partial charge in [0.2, 0.25) is 0 Å². The Morgan fingerprint density at radius 2 is 2.08 bits per heavy atom. The van der Waals surface area contributed by atoms with Crippen LogP contribution >= 0.6 is 11.8 Å². The summed E-state index contributed by atoms with van der Waals surface area (Å²) in [5.74, 6) is 1.11. The molecule has 0 fully saturated rings. The van der Waals surface area contributed by atoms with Gasteiger partial charge in [-0.3, -0.25) is 0 Å². The molecule has 2 heteroatoms. The molecule has 0 saturated carbocycles. The van der Waals surface area contributed by atoms with E-state index in [1.165, 1.54) is 11.3 Å². The molecule has 2 N–H and O–H groups in total. The average Bonchev–Trinajstić information content (AvgIpc) is 2.10. The van der Waals surface area contributed by atoms with Crippen LogP contribution in [0.2, 0.25) is 0 Å². The molecule has 0 aromatic rings. The van der Waals surface area contributed by atoms with Crippen molar-refractivity contribution in [2.45, 2.75) is 12.8 Å². The number of allylic oxidation sites excluding steroid dienone is 3. The van der Waals surface area contributed by atoms with Crippen molar-refractivity contribution in [1.82, 2.24) is 0 Å². The Hall–Kier alpha value is -0.470. The van der Waals surface area contributed by atoms with Gasteiger partial charge in [-0.15, -0.1) is 11.8 Å². The highest BCUT2D eigenvalue weighted by Gasteiger charge is 1.91. The second-order valence-corrected chi connectivity index (χ2v) is 3.52. The summed E-state index contributed by atoms with van der Waals surface area (Å²) in [6.45, 7) is 8.14. The predicted molar refractivity (Wildman–Crippen MR) is 59.2 cm³/mol. The second kappa shape index (κ2) is 8.62. The van der Waals surface area contributed by atoms with Crippen LogP contribution in [0.5, 0.6) is 0 Å². The lowest BCUT2D eigenvalue weighted by Gasteiger charge is -1.99. The van der Waals surface area contributed by atoms with E-state index in [0.29, 0.717) is 0 Å². The van der Waals surface area contributed by atoms with Crippen molar-refractivity contribution in [3.05, 3.63) is 36.3 Å². The summed E-state index contributed by atoms with van der Waals surface area (Å²) in [4.78, 5) is 1.18. The first kappa shape index (κ1) is 11.5. The molecular weight excluding hydrogens is 166 g/mol. The van der Waals surface area contributed by atoms with E-state index in [2.05, 4.69) is 13.2 Å². The SMILES string of the molecule is C=C/C=C(\C=C)SCCCCN. The molecule has 68 valence electrons. The number of unbranched alkanes of at least 4 members (excludes halogenated alkanes) is 1. The molecule has 0 spiro atoms. The summed E-state index contributed by atoms with van der Waals surface area (Å²) < 4.78 is 0. The molecule has 0 rings (SSSR count). The lowest BCUT2D eigenvalue weighted by molar-refractivity contribution is 0.815. The fraction of sp³-hybridized carbons (Fsp3) is 0.400. The van der Waals surface area contributed by atoms with Crippen LogP contribution in [0.25, 0.3) is 0 Å². The van der Waals surface area contributed by atoms with Crippen molar-refractivity contribution in [3.8, 4) is 0 Å². The van der Waals surface area contributed by atoms with Crippen LogP contribution in [0.4, 0.5) is 0 Å². The highest BCUT2D eigenvalue weighted by atomic mass is 32.2. The third kappa shape index (κ3) is 6.25. The summed E-state index contributed by atoms with van der Waals surface area (Å²) in [5, 5.41) is 0. The summed E-state index contributed by atoms with van der Waals surface area (Å²) in [6.07, 6.45) is 7.89. The summed E-state index contributed by atoms with van der Waals surface area (Å²) in [5.41, 5.74) is 5.38. The van der Waals surface area contributed by atoms with Crippen LogP contribution in [0.15, 0.2) is 36.3 Å². The summed E-state index contributed by atoms with van der Waals surface area (Å²) >= 11 is 1.80. The molecule has 0 bridgehead atoms. The molecule has 1 nitrogen and oxygen atoms in total. The van der Waals surface area contributed by atoms with Gasteiger partial charge in [-0.1, -0.05) is 25.3 Å².